The van der Waals surface area contributed by atoms with Gasteiger partial charge >= 0.3 is 0 Å². The molecule has 0 radical (unpaired) electrons. The molecule has 1 aliphatic carbocycles. The predicted molar refractivity (Wildman–Crippen MR) is 69.6 cm³/mol. The first-order valence-electron chi connectivity index (χ1n) is 6.25. The summed E-state index contributed by atoms with van der Waals surface area (Å²) < 4.78 is 13.3. The molecule has 3 heteroatoms. The van der Waals surface area contributed by atoms with E-state index in [1.165, 1.54) is 25.3 Å². The summed E-state index contributed by atoms with van der Waals surface area (Å²) in [6.07, 6.45) is 4.43. The molecule has 0 spiro atoms. The van der Waals surface area contributed by atoms with Crippen molar-refractivity contribution in [2.75, 3.05) is 0 Å². The maximum absolute atomic E-state index is 13.3. The maximum Gasteiger partial charge on any atom is 0.142 e. The summed E-state index contributed by atoms with van der Waals surface area (Å²) in [5.74, 6) is 1.02. The Balaban J connectivity index is 1.98. The summed E-state index contributed by atoms with van der Waals surface area (Å²) in [5.41, 5.74) is 7.15. The molecule has 3 atom stereocenters. The second kappa shape index (κ2) is 5.36. The van der Waals surface area contributed by atoms with Crippen LogP contribution in [0.15, 0.2) is 18.2 Å². The van der Waals surface area contributed by atoms with E-state index < -0.39 is 0 Å². The van der Waals surface area contributed by atoms with Gasteiger partial charge in [-0.15, -0.1) is 0 Å². The Hall–Kier alpha value is -0.600. The second-order valence-electron chi connectivity index (χ2n) is 5.29. The first-order chi connectivity index (χ1) is 8.06. The van der Waals surface area contributed by atoms with Crippen molar-refractivity contribution in [3.8, 4) is 0 Å². The minimum atomic E-state index is -0.351. The molecule has 1 fully saturated rings. The summed E-state index contributed by atoms with van der Waals surface area (Å²) in [7, 11) is 0. The molecule has 1 aromatic rings. The van der Waals surface area contributed by atoms with Crippen molar-refractivity contribution < 1.29 is 4.39 Å². The highest BCUT2D eigenvalue weighted by atomic mass is 35.5. The zero-order valence-electron chi connectivity index (χ0n) is 10.1. The number of rotatable bonds is 3. The van der Waals surface area contributed by atoms with Gasteiger partial charge in [-0.3, -0.25) is 0 Å². The largest absolute Gasteiger partial charge is 0.327 e. The molecule has 94 valence electrons. The van der Waals surface area contributed by atoms with Crippen molar-refractivity contribution in [3.63, 3.8) is 0 Å². The first kappa shape index (κ1) is 12.8. The Bertz CT molecular complexity index is 394. The van der Waals surface area contributed by atoms with Gasteiger partial charge in [0.05, 0.1) is 5.02 Å². The summed E-state index contributed by atoms with van der Waals surface area (Å²) in [6, 6.07) is 5.11. The fraction of sp³-hybridized carbons (Fsp3) is 0.571. The quantitative estimate of drug-likeness (QED) is 0.874. The normalized spacial score (nSPS) is 26.1. The topological polar surface area (TPSA) is 26.0 Å². The van der Waals surface area contributed by atoms with Gasteiger partial charge in [0.2, 0.25) is 0 Å². The lowest BCUT2D eigenvalue weighted by Crippen LogP contribution is -2.30. The Morgan fingerprint density at radius 3 is 2.82 bits per heavy atom. The van der Waals surface area contributed by atoms with E-state index in [1.54, 1.807) is 6.07 Å². The van der Waals surface area contributed by atoms with Gasteiger partial charge in [0.25, 0.3) is 0 Å². The van der Waals surface area contributed by atoms with Crippen molar-refractivity contribution in [1.82, 2.24) is 0 Å². The van der Waals surface area contributed by atoms with Crippen LogP contribution >= 0.6 is 11.6 Å². The van der Waals surface area contributed by atoms with Crippen LogP contribution in [0.1, 0.15) is 31.7 Å². The van der Waals surface area contributed by atoms with E-state index in [2.05, 4.69) is 6.92 Å². The average molecular weight is 256 g/mol. The fourth-order valence-electron chi connectivity index (χ4n) is 2.75. The molecule has 0 aromatic heterocycles. The molecule has 1 aliphatic rings. The van der Waals surface area contributed by atoms with Crippen molar-refractivity contribution in [3.05, 3.63) is 34.6 Å². The predicted octanol–water partition coefficient (Wildman–Crippen LogP) is 3.79. The monoisotopic (exact) mass is 255 g/mol. The highest BCUT2D eigenvalue weighted by Crippen LogP contribution is 2.33. The Morgan fingerprint density at radius 2 is 2.24 bits per heavy atom. The van der Waals surface area contributed by atoms with Crippen LogP contribution in [0.25, 0.3) is 0 Å². The van der Waals surface area contributed by atoms with E-state index in [0.717, 1.165) is 17.9 Å². The van der Waals surface area contributed by atoms with Crippen LogP contribution in [-0.4, -0.2) is 6.04 Å². The number of nitrogens with two attached hydrogens (primary N) is 1. The summed E-state index contributed by atoms with van der Waals surface area (Å²) in [4.78, 5) is 0. The highest BCUT2D eigenvalue weighted by Gasteiger charge is 2.26. The van der Waals surface area contributed by atoms with Gasteiger partial charge in [0.1, 0.15) is 5.82 Å². The Morgan fingerprint density at radius 1 is 1.47 bits per heavy atom. The Kier molecular flexibility index (Phi) is 4.05. The zero-order chi connectivity index (χ0) is 12.4. The summed E-state index contributed by atoms with van der Waals surface area (Å²) in [6.45, 7) is 2.27. The van der Waals surface area contributed by atoms with E-state index in [1.807, 2.05) is 6.07 Å². The third-order valence-corrected chi connectivity index (χ3v) is 4.10. The fourth-order valence-corrected chi connectivity index (χ4v) is 2.86. The van der Waals surface area contributed by atoms with Crippen LogP contribution in [0.3, 0.4) is 0 Å². The highest BCUT2D eigenvalue weighted by molar-refractivity contribution is 6.30. The van der Waals surface area contributed by atoms with Crippen LogP contribution < -0.4 is 5.73 Å². The number of benzene rings is 1. The lowest BCUT2D eigenvalue weighted by atomic mass is 9.92. The van der Waals surface area contributed by atoms with Gasteiger partial charge < -0.3 is 5.73 Å². The molecule has 1 saturated carbocycles. The molecule has 0 aliphatic heterocycles. The maximum atomic E-state index is 13.3. The van der Waals surface area contributed by atoms with Crippen molar-refractivity contribution in [2.24, 2.45) is 17.6 Å². The molecular formula is C14H19ClFN. The molecule has 1 nitrogen and oxygen atoms in total. The van der Waals surface area contributed by atoms with Crippen molar-refractivity contribution in [2.45, 2.75) is 38.6 Å². The minimum Gasteiger partial charge on any atom is -0.327 e. The third kappa shape index (κ3) is 3.20. The third-order valence-electron chi connectivity index (χ3n) is 3.80. The minimum absolute atomic E-state index is 0.139. The van der Waals surface area contributed by atoms with Gasteiger partial charge in [-0.25, -0.2) is 4.39 Å². The molecule has 2 rings (SSSR count). The summed E-state index contributed by atoms with van der Waals surface area (Å²) >= 11 is 5.66. The molecular weight excluding hydrogens is 237 g/mol. The molecule has 1 aromatic carbocycles. The standard InChI is InChI=1S/C14H19ClFN/c1-9-2-4-11(6-9)14(17)8-10-3-5-12(15)13(16)7-10/h3,5,7,9,11,14H,2,4,6,8,17H2,1H3. The van der Waals surface area contributed by atoms with E-state index >= 15 is 0 Å². The number of halogens is 2. The number of hydrogen-bond donors (Lipinski definition) is 1. The van der Waals surface area contributed by atoms with Gasteiger partial charge in [0, 0.05) is 6.04 Å². The van der Waals surface area contributed by atoms with Crippen LogP contribution in [0.2, 0.25) is 5.02 Å². The molecule has 0 amide bonds. The van der Waals surface area contributed by atoms with Gasteiger partial charge in [-0.1, -0.05) is 31.0 Å². The van der Waals surface area contributed by atoms with E-state index in [9.17, 15) is 4.39 Å². The first-order valence-corrected chi connectivity index (χ1v) is 6.63. The van der Waals surface area contributed by atoms with Crippen LogP contribution in [0.4, 0.5) is 4.39 Å². The second-order valence-corrected chi connectivity index (χ2v) is 5.70. The number of hydrogen-bond acceptors (Lipinski definition) is 1. The molecule has 2 N–H and O–H groups in total. The van der Waals surface area contributed by atoms with Crippen LogP contribution in [0, 0.1) is 17.7 Å². The van der Waals surface area contributed by atoms with E-state index in [-0.39, 0.29) is 16.9 Å². The Labute approximate surface area is 107 Å². The van der Waals surface area contributed by atoms with Gasteiger partial charge in [-0.05, 0) is 48.8 Å². The van der Waals surface area contributed by atoms with Crippen molar-refractivity contribution >= 4 is 11.6 Å². The molecule has 0 bridgehead atoms. The zero-order valence-corrected chi connectivity index (χ0v) is 10.9. The smallest absolute Gasteiger partial charge is 0.142 e. The molecule has 0 heterocycles. The molecule has 17 heavy (non-hydrogen) atoms. The van der Waals surface area contributed by atoms with Gasteiger partial charge in [-0.2, -0.15) is 0 Å². The van der Waals surface area contributed by atoms with Gasteiger partial charge in [0.15, 0.2) is 0 Å². The average Bonchev–Trinajstić information content (AvgIpc) is 2.70. The SMILES string of the molecule is CC1CCC(C(N)Cc2ccc(Cl)c(F)c2)C1. The molecule has 3 unspecified atom stereocenters. The molecule has 0 saturated heterocycles. The lowest BCUT2D eigenvalue weighted by molar-refractivity contribution is 0.415. The van der Waals surface area contributed by atoms with Crippen LogP contribution in [-0.2, 0) is 6.42 Å². The summed E-state index contributed by atoms with van der Waals surface area (Å²) in [5, 5.41) is 0.178. The lowest BCUT2D eigenvalue weighted by Gasteiger charge is -2.19. The van der Waals surface area contributed by atoms with E-state index in [0.29, 0.717) is 5.92 Å². The van der Waals surface area contributed by atoms with Crippen LogP contribution in [0.5, 0.6) is 0 Å². The van der Waals surface area contributed by atoms with E-state index in [4.69, 9.17) is 17.3 Å². The van der Waals surface area contributed by atoms with Crippen molar-refractivity contribution in [1.29, 1.82) is 0 Å².